The van der Waals surface area contributed by atoms with Crippen molar-refractivity contribution in [3.8, 4) is 0 Å². The number of aldehydes is 1. The predicted molar refractivity (Wildman–Crippen MR) is 47.3 cm³/mol. The third-order valence-electron chi connectivity index (χ3n) is 1.70. The lowest BCUT2D eigenvalue weighted by molar-refractivity contribution is -0.172. The maximum Gasteiger partial charge on any atom is 0.335 e. The summed E-state index contributed by atoms with van der Waals surface area (Å²) in [5.41, 5.74) is 0. The molecule has 0 heterocycles. The van der Waals surface area contributed by atoms with E-state index in [1.165, 1.54) is 0 Å². The molecule has 0 fully saturated rings. The Hall–Kier alpha value is -1.51. The molecule has 0 spiro atoms. The van der Waals surface area contributed by atoms with Crippen LogP contribution in [0.5, 0.6) is 0 Å². The number of hydrogen-bond acceptors (Lipinski definition) is 7. The normalized spacial score (nSPS) is 18.0. The van der Waals surface area contributed by atoms with E-state index in [1.54, 1.807) is 0 Å². The highest BCUT2D eigenvalue weighted by Gasteiger charge is 2.36. The van der Waals surface area contributed by atoms with Crippen molar-refractivity contribution in [3.05, 3.63) is 0 Å². The average molecular weight is 236 g/mol. The number of ether oxygens (including phenoxy) is 1. The molecule has 16 heavy (non-hydrogen) atoms. The van der Waals surface area contributed by atoms with Gasteiger partial charge in [-0.1, -0.05) is 0 Å². The van der Waals surface area contributed by atoms with Gasteiger partial charge >= 0.3 is 11.9 Å². The minimum atomic E-state index is -2.28. The van der Waals surface area contributed by atoms with E-state index in [4.69, 9.17) is 15.3 Å². The standard InChI is InChI=1S/C8H12O8/c1-3(10)16-4(2-9)5(11)6(12)7(13)8(14)15/h2,4-7,11-13H,1H3,(H,14,15)/t4-,5+,6+,7-/m0/s1. The lowest BCUT2D eigenvalue weighted by Crippen LogP contribution is -2.49. The van der Waals surface area contributed by atoms with Crippen LogP contribution >= 0.6 is 0 Å². The van der Waals surface area contributed by atoms with Gasteiger partial charge in [0, 0.05) is 6.92 Å². The Balaban J connectivity index is 4.60. The lowest BCUT2D eigenvalue weighted by Gasteiger charge is -2.23. The Kier molecular flexibility index (Phi) is 5.57. The van der Waals surface area contributed by atoms with Gasteiger partial charge in [0.15, 0.2) is 18.5 Å². The van der Waals surface area contributed by atoms with E-state index >= 15 is 0 Å². The van der Waals surface area contributed by atoms with E-state index in [1.807, 2.05) is 0 Å². The van der Waals surface area contributed by atoms with Crippen LogP contribution in [0.15, 0.2) is 0 Å². The molecule has 0 aromatic carbocycles. The summed E-state index contributed by atoms with van der Waals surface area (Å²) in [5.74, 6) is -2.67. The number of rotatable bonds is 6. The van der Waals surface area contributed by atoms with Gasteiger partial charge in [0.05, 0.1) is 0 Å². The molecule has 8 heteroatoms. The number of carboxylic acids is 1. The number of carbonyl (C=O) groups excluding carboxylic acids is 2. The van der Waals surface area contributed by atoms with Gasteiger partial charge in [-0.3, -0.25) is 9.59 Å². The van der Waals surface area contributed by atoms with Gasteiger partial charge < -0.3 is 25.2 Å². The molecule has 0 rings (SSSR count). The number of carbonyl (C=O) groups is 3. The number of aliphatic hydroxyl groups is 3. The zero-order chi connectivity index (χ0) is 12.9. The summed E-state index contributed by atoms with van der Waals surface area (Å²) in [6.45, 7) is 0.962. The first-order valence-corrected chi connectivity index (χ1v) is 4.20. The van der Waals surface area contributed by atoms with Crippen LogP contribution in [0.25, 0.3) is 0 Å². The molecule has 0 aromatic rings. The minimum absolute atomic E-state index is 0.0177. The molecule has 0 saturated heterocycles. The molecule has 0 aromatic heterocycles. The number of esters is 1. The number of hydrogen-bond donors (Lipinski definition) is 4. The Labute approximate surface area is 90.1 Å². The number of carboxylic acid groups (broad SMARTS) is 1. The van der Waals surface area contributed by atoms with E-state index in [0.717, 1.165) is 6.92 Å². The lowest BCUT2D eigenvalue weighted by atomic mass is 10.0. The highest BCUT2D eigenvalue weighted by atomic mass is 16.6. The van der Waals surface area contributed by atoms with E-state index in [-0.39, 0.29) is 6.29 Å². The van der Waals surface area contributed by atoms with Crippen LogP contribution < -0.4 is 0 Å². The van der Waals surface area contributed by atoms with Crippen LogP contribution in [0.4, 0.5) is 0 Å². The first kappa shape index (κ1) is 14.5. The second kappa shape index (κ2) is 6.16. The second-order valence-corrected chi connectivity index (χ2v) is 2.97. The monoisotopic (exact) mass is 236 g/mol. The molecule has 0 unspecified atom stereocenters. The zero-order valence-corrected chi connectivity index (χ0v) is 8.31. The summed E-state index contributed by atoms with van der Waals surface area (Å²) in [6.07, 6.45) is -8.17. The maximum atomic E-state index is 10.5. The van der Waals surface area contributed by atoms with Crippen LogP contribution in [0, 0.1) is 0 Å². The second-order valence-electron chi connectivity index (χ2n) is 2.97. The SMILES string of the molecule is CC(=O)O[C@@H](C=O)[C@@H](O)[C@@H](O)[C@H](O)C(=O)O. The van der Waals surface area contributed by atoms with Crippen LogP contribution in [0.1, 0.15) is 6.92 Å². The molecule has 0 saturated carbocycles. The van der Waals surface area contributed by atoms with Crippen molar-refractivity contribution in [1.29, 1.82) is 0 Å². The molecular weight excluding hydrogens is 224 g/mol. The predicted octanol–water partition coefficient (Wildman–Crippen LogP) is -2.72. The molecule has 0 radical (unpaired) electrons. The first-order valence-electron chi connectivity index (χ1n) is 4.20. The smallest absolute Gasteiger partial charge is 0.335 e. The molecular formula is C8H12O8. The van der Waals surface area contributed by atoms with Gasteiger partial charge in [-0.15, -0.1) is 0 Å². The van der Waals surface area contributed by atoms with E-state index in [0.29, 0.717) is 0 Å². The highest BCUT2D eigenvalue weighted by Crippen LogP contribution is 2.07. The Morgan fingerprint density at radius 1 is 1.19 bits per heavy atom. The number of aliphatic carboxylic acids is 1. The van der Waals surface area contributed by atoms with Crippen molar-refractivity contribution in [2.45, 2.75) is 31.3 Å². The Morgan fingerprint density at radius 3 is 2.00 bits per heavy atom. The zero-order valence-electron chi connectivity index (χ0n) is 8.31. The summed E-state index contributed by atoms with van der Waals surface area (Å²) in [5, 5.41) is 35.6. The summed E-state index contributed by atoms with van der Waals surface area (Å²) in [7, 11) is 0. The molecule has 4 atom stereocenters. The quantitative estimate of drug-likeness (QED) is 0.288. The third-order valence-corrected chi connectivity index (χ3v) is 1.70. The summed E-state index contributed by atoms with van der Waals surface area (Å²) in [4.78, 5) is 31.2. The molecule has 0 bridgehead atoms. The molecule has 8 nitrogen and oxygen atoms in total. The molecule has 0 aliphatic heterocycles. The fourth-order valence-electron chi connectivity index (χ4n) is 0.897. The fraction of sp³-hybridized carbons (Fsp3) is 0.625. The van der Waals surface area contributed by atoms with Gasteiger partial charge in [0.1, 0.15) is 12.2 Å². The number of aliphatic hydroxyl groups excluding tert-OH is 3. The van der Waals surface area contributed by atoms with Gasteiger partial charge in [0.2, 0.25) is 0 Å². The van der Waals surface area contributed by atoms with E-state index in [2.05, 4.69) is 4.74 Å². The minimum Gasteiger partial charge on any atom is -0.479 e. The summed E-state index contributed by atoms with van der Waals surface area (Å²) >= 11 is 0. The highest BCUT2D eigenvalue weighted by molar-refractivity contribution is 5.73. The van der Waals surface area contributed by atoms with Crippen molar-refractivity contribution in [2.75, 3.05) is 0 Å². The van der Waals surface area contributed by atoms with Crippen molar-refractivity contribution in [2.24, 2.45) is 0 Å². The fourth-order valence-corrected chi connectivity index (χ4v) is 0.897. The largest absolute Gasteiger partial charge is 0.479 e. The molecule has 0 aliphatic rings. The van der Waals surface area contributed by atoms with Gasteiger partial charge in [-0.25, -0.2) is 4.79 Å². The maximum absolute atomic E-state index is 10.5. The first-order chi connectivity index (χ1) is 7.31. The van der Waals surface area contributed by atoms with Gasteiger partial charge in [-0.2, -0.15) is 0 Å². The van der Waals surface area contributed by atoms with E-state index < -0.39 is 36.4 Å². The van der Waals surface area contributed by atoms with E-state index in [9.17, 15) is 19.5 Å². The Bertz CT molecular complexity index is 275. The Morgan fingerprint density at radius 2 is 1.69 bits per heavy atom. The molecule has 4 N–H and O–H groups in total. The third kappa shape index (κ3) is 3.93. The topological polar surface area (TPSA) is 141 Å². The molecule has 0 amide bonds. The van der Waals surface area contributed by atoms with Crippen molar-refractivity contribution in [3.63, 3.8) is 0 Å². The van der Waals surface area contributed by atoms with Crippen LogP contribution in [-0.2, 0) is 19.1 Å². The van der Waals surface area contributed by atoms with Gasteiger partial charge in [0.25, 0.3) is 0 Å². The van der Waals surface area contributed by atoms with Crippen LogP contribution in [0.3, 0.4) is 0 Å². The van der Waals surface area contributed by atoms with Crippen molar-refractivity contribution in [1.82, 2.24) is 0 Å². The molecule has 0 aliphatic carbocycles. The van der Waals surface area contributed by atoms with Crippen LogP contribution in [0.2, 0.25) is 0 Å². The van der Waals surface area contributed by atoms with Crippen LogP contribution in [-0.4, -0.2) is 63.1 Å². The average Bonchev–Trinajstić information content (AvgIpc) is 2.22. The van der Waals surface area contributed by atoms with Crippen molar-refractivity contribution >= 4 is 18.2 Å². The summed E-state index contributed by atoms with van der Waals surface area (Å²) in [6, 6.07) is 0. The van der Waals surface area contributed by atoms with Crippen molar-refractivity contribution < 1.29 is 39.5 Å². The molecule has 92 valence electrons. The summed E-state index contributed by atoms with van der Waals surface area (Å²) < 4.78 is 4.29. The van der Waals surface area contributed by atoms with Gasteiger partial charge in [-0.05, 0) is 0 Å².